The first-order chi connectivity index (χ1) is 12.1. The highest BCUT2D eigenvalue weighted by molar-refractivity contribution is 5.68. The van der Waals surface area contributed by atoms with Gasteiger partial charge >= 0.3 is 6.09 Å². The van der Waals surface area contributed by atoms with Crippen molar-refractivity contribution in [2.75, 3.05) is 6.54 Å². The zero-order chi connectivity index (χ0) is 17.8. The van der Waals surface area contributed by atoms with Crippen LogP contribution in [-0.4, -0.2) is 40.6 Å². The van der Waals surface area contributed by atoms with E-state index in [0.717, 1.165) is 18.4 Å². The standard InChI is InChI=1S/C18H23N3O4/c1-2-9-20(17-10-14-5-6-15(11-17)19-14)18(22)25-12-13-3-7-16(8-4-13)21(23)24/h2-4,7-8,14-15,17,19H,1,5-6,9-12H2/t14-,15+,17+. The van der Waals surface area contributed by atoms with Crippen LogP contribution in [0.25, 0.3) is 0 Å². The lowest BCUT2D eigenvalue weighted by Gasteiger charge is -2.36. The average molecular weight is 345 g/mol. The maximum Gasteiger partial charge on any atom is 0.410 e. The molecule has 0 aliphatic carbocycles. The quantitative estimate of drug-likeness (QED) is 0.487. The van der Waals surface area contributed by atoms with E-state index in [1.54, 1.807) is 23.1 Å². The normalized spacial score (nSPS) is 24.6. The molecule has 3 rings (SSSR count). The van der Waals surface area contributed by atoms with Crippen molar-refractivity contribution in [3.63, 3.8) is 0 Å². The summed E-state index contributed by atoms with van der Waals surface area (Å²) >= 11 is 0. The number of carbonyl (C=O) groups excluding carboxylic acids is 1. The SMILES string of the molecule is C=CCN(C(=O)OCc1ccc([N+](=O)[O-])cc1)[C@H]1C[C@H]2CC[C@@H](C1)N2. The molecular weight excluding hydrogens is 322 g/mol. The van der Waals surface area contributed by atoms with Gasteiger partial charge in [-0.25, -0.2) is 4.79 Å². The summed E-state index contributed by atoms with van der Waals surface area (Å²) in [6, 6.07) is 7.17. The van der Waals surface area contributed by atoms with Crippen molar-refractivity contribution < 1.29 is 14.5 Å². The van der Waals surface area contributed by atoms with E-state index in [2.05, 4.69) is 11.9 Å². The molecule has 1 N–H and O–H groups in total. The van der Waals surface area contributed by atoms with Crippen molar-refractivity contribution in [3.05, 3.63) is 52.6 Å². The maximum absolute atomic E-state index is 12.5. The van der Waals surface area contributed by atoms with Gasteiger partial charge in [-0.15, -0.1) is 6.58 Å². The van der Waals surface area contributed by atoms with Crippen LogP contribution in [0.5, 0.6) is 0 Å². The van der Waals surface area contributed by atoms with E-state index < -0.39 is 4.92 Å². The zero-order valence-corrected chi connectivity index (χ0v) is 14.1. The van der Waals surface area contributed by atoms with Gasteiger partial charge in [-0.3, -0.25) is 10.1 Å². The molecule has 134 valence electrons. The van der Waals surface area contributed by atoms with E-state index in [9.17, 15) is 14.9 Å². The maximum atomic E-state index is 12.5. The fourth-order valence-corrected chi connectivity index (χ4v) is 3.74. The molecule has 2 bridgehead atoms. The number of benzene rings is 1. The highest BCUT2D eigenvalue weighted by Crippen LogP contribution is 2.30. The van der Waals surface area contributed by atoms with Crippen LogP contribution in [0.2, 0.25) is 0 Å². The van der Waals surface area contributed by atoms with Crippen LogP contribution < -0.4 is 5.32 Å². The number of nitrogens with zero attached hydrogens (tertiary/aromatic N) is 2. The molecule has 0 radical (unpaired) electrons. The van der Waals surface area contributed by atoms with Crippen LogP contribution in [0, 0.1) is 10.1 Å². The van der Waals surface area contributed by atoms with E-state index in [1.807, 2.05) is 0 Å². The molecule has 2 aliphatic heterocycles. The van der Waals surface area contributed by atoms with Gasteiger partial charge in [0.2, 0.25) is 0 Å². The third kappa shape index (κ3) is 4.17. The van der Waals surface area contributed by atoms with E-state index in [0.29, 0.717) is 18.6 Å². The minimum Gasteiger partial charge on any atom is -0.445 e. The van der Waals surface area contributed by atoms with Crippen molar-refractivity contribution in [1.82, 2.24) is 10.2 Å². The van der Waals surface area contributed by atoms with Crippen LogP contribution in [0.15, 0.2) is 36.9 Å². The Bertz CT molecular complexity index is 634. The molecule has 7 nitrogen and oxygen atoms in total. The Morgan fingerprint density at radius 2 is 1.96 bits per heavy atom. The molecule has 1 aromatic rings. The van der Waals surface area contributed by atoms with Crippen LogP contribution in [0.4, 0.5) is 10.5 Å². The van der Waals surface area contributed by atoms with Crippen molar-refractivity contribution >= 4 is 11.8 Å². The van der Waals surface area contributed by atoms with E-state index in [4.69, 9.17) is 4.74 Å². The van der Waals surface area contributed by atoms with E-state index in [-0.39, 0.29) is 24.4 Å². The third-order valence-electron chi connectivity index (χ3n) is 4.96. The highest BCUT2D eigenvalue weighted by atomic mass is 16.6. The van der Waals surface area contributed by atoms with Gasteiger partial charge in [0, 0.05) is 36.8 Å². The largest absolute Gasteiger partial charge is 0.445 e. The Hall–Kier alpha value is -2.41. The second kappa shape index (κ2) is 7.65. The van der Waals surface area contributed by atoms with Crippen molar-refractivity contribution in [2.24, 2.45) is 0 Å². The van der Waals surface area contributed by atoms with Crippen LogP contribution in [0.1, 0.15) is 31.2 Å². The summed E-state index contributed by atoms with van der Waals surface area (Å²) < 4.78 is 5.44. The fourth-order valence-electron chi connectivity index (χ4n) is 3.74. The van der Waals surface area contributed by atoms with Crippen LogP contribution in [-0.2, 0) is 11.3 Å². The summed E-state index contributed by atoms with van der Waals surface area (Å²) in [6.07, 6.45) is 5.58. The molecule has 7 heteroatoms. The number of nitro benzene ring substituents is 1. The topological polar surface area (TPSA) is 84.7 Å². The zero-order valence-electron chi connectivity index (χ0n) is 14.1. The average Bonchev–Trinajstić information content (AvgIpc) is 2.95. The number of hydrogen-bond acceptors (Lipinski definition) is 5. The molecular formula is C18H23N3O4. The lowest BCUT2D eigenvalue weighted by Crippen LogP contribution is -2.50. The number of non-ortho nitro benzene ring substituents is 1. The second-order valence-electron chi connectivity index (χ2n) is 6.68. The minimum absolute atomic E-state index is 0.0218. The number of fused-ring (bicyclic) bond motifs is 2. The molecule has 0 saturated carbocycles. The van der Waals surface area contributed by atoms with Gasteiger partial charge in [0.25, 0.3) is 5.69 Å². The van der Waals surface area contributed by atoms with Crippen molar-refractivity contribution in [2.45, 2.75) is 50.4 Å². The van der Waals surface area contributed by atoms with Gasteiger partial charge in [-0.2, -0.15) is 0 Å². The van der Waals surface area contributed by atoms with Gasteiger partial charge in [0.05, 0.1) is 4.92 Å². The highest BCUT2D eigenvalue weighted by Gasteiger charge is 2.37. The first-order valence-electron chi connectivity index (χ1n) is 8.60. The van der Waals surface area contributed by atoms with E-state index in [1.165, 1.54) is 25.0 Å². The van der Waals surface area contributed by atoms with Gasteiger partial charge in [0.15, 0.2) is 0 Å². The summed E-state index contributed by atoms with van der Waals surface area (Å²) in [5.74, 6) is 0. The Balaban J connectivity index is 1.59. The van der Waals surface area contributed by atoms with Gasteiger partial charge in [-0.1, -0.05) is 6.08 Å². The summed E-state index contributed by atoms with van der Waals surface area (Å²) in [6.45, 7) is 4.31. The number of rotatable bonds is 6. The van der Waals surface area contributed by atoms with Gasteiger partial charge < -0.3 is 15.0 Å². The molecule has 1 amide bonds. The number of ether oxygens (including phenoxy) is 1. The summed E-state index contributed by atoms with van der Waals surface area (Å²) in [5, 5.41) is 14.2. The first kappa shape index (κ1) is 17.4. The molecule has 1 aromatic carbocycles. The van der Waals surface area contributed by atoms with Crippen molar-refractivity contribution in [1.29, 1.82) is 0 Å². The summed E-state index contributed by atoms with van der Waals surface area (Å²) in [7, 11) is 0. The number of nitrogens with one attached hydrogen (secondary N) is 1. The molecule has 2 fully saturated rings. The van der Waals surface area contributed by atoms with E-state index >= 15 is 0 Å². The Morgan fingerprint density at radius 1 is 1.32 bits per heavy atom. The number of carbonyl (C=O) groups is 1. The number of amides is 1. The Labute approximate surface area is 146 Å². The summed E-state index contributed by atoms with van der Waals surface area (Å²) in [4.78, 5) is 24.5. The lowest BCUT2D eigenvalue weighted by molar-refractivity contribution is -0.384. The molecule has 25 heavy (non-hydrogen) atoms. The predicted molar refractivity (Wildman–Crippen MR) is 93.2 cm³/mol. The Kier molecular flexibility index (Phi) is 5.33. The molecule has 2 aliphatic rings. The monoisotopic (exact) mass is 345 g/mol. The smallest absolute Gasteiger partial charge is 0.410 e. The van der Waals surface area contributed by atoms with Gasteiger partial charge in [0.1, 0.15) is 6.61 Å². The molecule has 0 unspecified atom stereocenters. The lowest BCUT2D eigenvalue weighted by atomic mass is 9.98. The third-order valence-corrected chi connectivity index (χ3v) is 4.96. The Morgan fingerprint density at radius 3 is 2.52 bits per heavy atom. The molecule has 0 aromatic heterocycles. The number of nitro groups is 1. The van der Waals surface area contributed by atoms with Crippen LogP contribution in [0.3, 0.4) is 0 Å². The molecule has 0 spiro atoms. The van der Waals surface area contributed by atoms with Gasteiger partial charge in [-0.05, 0) is 43.4 Å². The summed E-state index contributed by atoms with van der Waals surface area (Å²) in [5.41, 5.74) is 0.747. The predicted octanol–water partition coefficient (Wildman–Crippen LogP) is 3.00. The van der Waals surface area contributed by atoms with Crippen molar-refractivity contribution in [3.8, 4) is 0 Å². The van der Waals surface area contributed by atoms with Crippen LogP contribution >= 0.6 is 0 Å². The number of piperidine rings is 1. The second-order valence-corrected chi connectivity index (χ2v) is 6.68. The number of hydrogen-bond donors (Lipinski definition) is 1. The minimum atomic E-state index is -0.451. The molecule has 3 atom stereocenters. The molecule has 2 heterocycles. The molecule has 2 saturated heterocycles. The fraction of sp³-hybridized carbons (Fsp3) is 0.500. The first-order valence-corrected chi connectivity index (χ1v) is 8.60.